The van der Waals surface area contributed by atoms with Crippen molar-refractivity contribution in [3.8, 4) is 0 Å². The zero-order chi connectivity index (χ0) is 17.3. The number of hydrogen-bond acceptors (Lipinski definition) is 4. The van der Waals surface area contributed by atoms with Crippen LogP contribution < -0.4 is 5.32 Å². The molecule has 0 bridgehead atoms. The fourth-order valence-corrected chi connectivity index (χ4v) is 5.18. The summed E-state index contributed by atoms with van der Waals surface area (Å²) in [7, 11) is -1.68. The summed E-state index contributed by atoms with van der Waals surface area (Å²) < 4.78 is 29.3. The van der Waals surface area contributed by atoms with Gasteiger partial charge in [0.1, 0.15) is 5.82 Å². The summed E-state index contributed by atoms with van der Waals surface area (Å²) in [6.45, 7) is 1.53. The molecule has 3 rings (SSSR count). The van der Waals surface area contributed by atoms with Gasteiger partial charge in [0.25, 0.3) is 0 Å². The van der Waals surface area contributed by atoms with E-state index >= 15 is 0 Å². The van der Waals surface area contributed by atoms with Crippen molar-refractivity contribution in [1.82, 2.24) is 19.2 Å². The number of nitrogens with one attached hydrogen (secondary N) is 1. The molecule has 138 valence electrons. The van der Waals surface area contributed by atoms with Gasteiger partial charge in [-0.05, 0) is 23.8 Å². The SMILES string of the molecule is Cl.Cn1ccnc1C1CNCCN1S(=O)(=O)Cc1cc(Cl)cc(Cl)c1. The molecule has 1 aromatic heterocycles. The summed E-state index contributed by atoms with van der Waals surface area (Å²) >= 11 is 12.0. The molecule has 2 aromatic rings. The Bertz CT molecular complexity index is 821. The van der Waals surface area contributed by atoms with Crippen LogP contribution in [0, 0.1) is 0 Å². The van der Waals surface area contributed by atoms with Gasteiger partial charge in [0, 0.05) is 49.1 Å². The zero-order valence-corrected chi connectivity index (χ0v) is 16.7. The summed E-state index contributed by atoms with van der Waals surface area (Å²) in [6.07, 6.45) is 3.48. The Morgan fingerprint density at radius 3 is 2.56 bits per heavy atom. The first-order valence-corrected chi connectivity index (χ1v) is 9.86. The van der Waals surface area contributed by atoms with Gasteiger partial charge in [-0.1, -0.05) is 23.2 Å². The van der Waals surface area contributed by atoms with E-state index in [1.165, 1.54) is 4.31 Å². The summed E-state index contributed by atoms with van der Waals surface area (Å²) in [5, 5.41) is 4.08. The zero-order valence-electron chi connectivity index (χ0n) is 13.5. The molecule has 1 aliphatic rings. The first-order valence-electron chi connectivity index (χ1n) is 7.49. The van der Waals surface area contributed by atoms with Gasteiger partial charge in [-0.3, -0.25) is 0 Å². The van der Waals surface area contributed by atoms with Crippen LogP contribution >= 0.6 is 35.6 Å². The molecule has 1 aromatic carbocycles. The van der Waals surface area contributed by atoms with Crippen molar-refractivity contribution in [3.05, 3.63) is 52.0 Å². The van der Waals surface area contributed by atoms with Crippen LogP contribution in [-0.2, 0) is 22.8 Å². The van der Waals surface area contributed by atoms with Gasteiger partial charge in [-0.15, -0.1) is 12.4 Å². The molecule has 0 saturated carbocycles. The first kappa shape index (κ1) is 20.5. The number of halogens is 3. The van der Waals surface area contributed by atoms with Crippen molar-refractivity contribution in [1.29, 1.82) is 0 Å². The average Bonchev–Trinajstić information content (AvgIpc) is 2.91. The second-order valence-corrected chi connectivity index (χ2v) is 8.56. The lowest BCUT2D eigenvalue weighted by Crippen LogP contribution is -2.49. The smallest absolute Gasteiger partial charge is 0.219 e. The summed E-state index contributed by atoms with van der Waals surface area (Å²) in [5.74, 6) is 0.573. The standard InChI is InChI=1S/C15H18Cl2N4O2S.ClH/c1-20-4-3-19-15(20)14-9-18-2-5-21(14)24(22,23)10-11-6-12(16)8-13(17)7-11;/h3-4,6-8,14,18H,2,5,9-10H2,1H3;1H. The molecule has 0 radical (unpaired) electrons. The van der Waals surface area contributed by atoms with Crippen molar-refractivity contribution in [2.24, 2.45) is 7.05 Å². The maximum atomic E-state index is 13.0. The van der Waals surface area contributed by atoms with E-state index in [-0.39, 0.29) is 24.2 Å². The van der Waals surface area contributed by atoms with Gasteiger partial charge in [0.05, 0.1) is 11.8 Å². The Balaban J connectivity index is 0.00000225. The van der Waals surface area contributed by atoms with E-state index in [0.717, 1.165) is 5.82 Å². The number of rotatable bonds is 4. The number of hydrogen-bond donors (Lipinski definition) is 1. The normalized spacial score (nSPS) is 18.8. The lowest BCUT2D eigenvalue weighted by molar-refractivity contribution is 0.258. The summed E-state index contributed by atoms with van der Waals surface area (Å²) in [4.78, 5) is 4.31. The molecule has 0 amide bonds. The Kier molecular flexibility index (Phi) is 6.75. The van der Waals surface area contributed by atoms with Crippen LogP contribution in [0.4, 0.5) is 0 Å². The van der Waals surface area contributed by atoms with Gasteiger partial charge in [-0.25, -0.2) is 13.4 Å². The predicted molar refractivity (Wildman–Crippen MR) is 102 cm³/mol. The molecular formula is C15H19Cl3N4O2S. The number of nitrogens with zero attached hydrogens (tertiary/aromatic N) is 3. The van der Waals surface area contributed by atoms with E-state index in [0.29, 0.717) is 35.2 Å². The van der Waals surface area contributed by atoms with Crippen LogP contribution in [0.5, 0.6) is 0 Å². The van der Waals surface area contributed by atoms with E-state index in [2.05, 4.69) is 10.3 Å². The van der Waals surface area contributed by atoms with Crippen molar-refractivity contribution >= 4 is 45.6 Å². The molecule has 6 nitrogen and oxygen atoms in total. The highest BCUT2D eigenvalue weighted by Crippen LogP contribution is 2.27. The maximum absolute atomic E-state index is 13.0. The van der Waals surface area contributed by atoms with Crippen molar-refractivity contribution < 1.29 is 8.42 Å². The number of benzene rings is 1. The van der Waals surface area contributed by atoms with Gasteiger partial charge >= 0.3 is 0 Å². The van der Waals surface area contributed by atoms with Crippen LogP contribution in [-0.4, -0.2) is 41.9 Å². The lowest BCUT2D eigenvalue weighted by Gasteiger charge is -2.34. The minimum atomic E-state index is -3.54. The molecule has 1 unspecified atom stereocenters. The number of aromatic nitrogens is 2. The van der Waals surface area contributed by atoms with E-state index in [1.54, 1.807) is 24.4 Å². The Morgan fingerprint density at radius 2 is 1.96 bits per heavy atom. The molecule has 2 heterocycles. The molecule has 1 aliphatic heterocycles. The van der Waals surface area contributed by atoms with E-state index in [4.69, 9.17) is 23.2 Å². The molecule has 1 atom stereocenters. The van der Waals surface area contributed by atoms with Gasteiger partial charge < -0.3 is 9.88 Å². The van der Waals surface area contributed by atoms with Crippen LogP contribution in [0.25, 0.3) is 0 Å². The Labute approximate surface area is 163 Å². The summed E-state index contributed by atoms with van der Waals surface area (Å²) in [6, 6.07) is 4.51. The van der Waals surface area contributed by atoms with Gasteiger partial charge in [0.15, 0.2) is 0 Å². The average molecular weight is 426 g/mol. The maximum Gasteiger partial charge on any atom is 0.219 e. The highest BCUT2D eigenvalue weighted by molar-refractivity contribution is 7.88. The van der Waals surface area contributed by atoms with Crippen molar-refractivity contribution in [3.63, 3.8) is 0 Å². The fraction of sp³-hybridized carbons (Fsp3) is 0.400. The number of aryl methyl sites for hydroxylation is 1. The molecule has 1 N–H and O–H groups in total. The number of imidazole rings is 1. The minimum Gasteiger partial charge on any atom is -0.337 e. The first-order chi connectivity index (χ1) is 11.4. The lowest BCUT2D eigenvalue weighted by atomic mass is 10.2. The van der Waals surface area contributed by atoms with Crippen molar-refractivity contribution in [2.75, 3.05) is 19.6 Å². The quantitative estimate of drug-likeness (QED) is 0.818. The van der Waals surface area contributed by atoms with E-state index < -0.39 is 10.0 Å². The monoisotopic (exact) mass is 424 g/mol. The molecule has 1 saturated heterocycles. The van der Waals surface area contributed by atoms with Crippen LogP contribution in [0.1, 0.15) is 17.4 Å². The predicted octanol–water partition coefficient (Wildman–Crippen LogP) is 2.63. The second-order valence-electron chi connectivity index (χ2n) is 5.76. The molecule has 1 fully saturated rings. The second kappa shape index (κ2) is 8.24. The van der Waals surface area contributed by atoms with Gasteiger partial charge in [-0.2, -0.15) is 4.31 Å². The topological polar surface area (TPSA) is 67.2 Å². The highest BCUT2D eigenvalue weighted by atomic mass is 35.5. The number of piperazine rings is 1. The highest BCUT2D eigenvalue weighted by Gasteiger charge is 2.35. The molecule has 0 spiro atoms. The third kappa shape index (κ3) is 4.67. The number of sulfonamides is 1. The third-order valence-corrected chi connectivity index (χ3v) is 6.27. The fourth-order valence-electron chi connectivity index (χ4n) is 2.92. The van der Waals surface area contributed by atoms with E-state index in [1.807, 2.05) is 17.8 Å². The van der Waals surface area contributed by atoms with Crippen LogP contribution in [0.15, 0.2) is 30.6 Å². The molecule has 25 heavy (non-hydrogen) atoms. The molecule has 10 heteroatoms. The van der Waals surface area contributed by atoms with Gasteiger partial charge in [0.2, 0.25) is 10.0 Å². The van der Waals surface area contributed by atoms with Crippen molar-refractivity contribution in [2.45, 2.75) is 11.8 Å². The molecule has 0 aliphatic carbocycles. The van der Waals surface area contributed by atoms with E-state index in [9.17, 15) is 8.42 Å². The minimum absolute atomic E-state index is 0. The van der Waals surface area contributed by atoms with Crippen LogP contribution in [0.2, 0.25) is 10.0 Å². The largest absolute Gasteiger partial charge is 0.337 e. The molecular weight excluding hydrogens is 407 g/mol. The van der Waals surface area contributed by atoms with Crippen LogP contribution in [0.3, 0.4) is 0 Å². The third-order valence-electron chi connectivity index (χ3n) is 3.98. The summed E-state index contributed by atoms with van der Waals surface area (Å²) in [5.41, 5.74) is 0.574. The Hall–Kier alpha value is -0.830. The Morgan fingerprint density at radius 1 is 1.28 bits per heavy atom.